The topological polar surface area (TPSA) is 49.4 Å². The van der Waals surface area contributed by atoms with Gasteiger partial charge in [0.05, 0.1) is 6.54 Å². The number of nitrogens with zero attached hydrogens (tertiary/aromatic N) is 1. The Morgan fingerprint density at radius 1 is 1.00 bits per heavy atom. The summed E-state index contributed by atoms with van der Waals surface area (Å²) in [5.41, 5.74) is 2.57. The number of urea groups is 1. The normalized spacial score (nSPS) is 25.6. The summed E-state index contributed by atoms with van der Waals surface area (Å²) in [5.74, 6) is 0.139. The lowest BCUT2D eigenvalue weighted by atomic mass is 9.73. The first-order chi connectivity index (χ1) is 12.6. The molecule has 1 aliphatic carbocycles. The molecule has 1 saturated carbocycles. The van der Waals surface area contributed by atoms with E-state index >= 15 is 0 Å². The third kappa shape index (κ3) is 2.79. The summed E-state index contributed by atoms with van der Waals surface area (Å²) in [6.45, 7) is 2.41. The lowest BCUT2D eigenvalue weighted by Crippen LogP contribution is -2.53. The Balaban J connectivity index is 1.52. The van der Waals surface area contributed by atoms with Crippen molar-refractivity contribution in [3.05, 3.63) is 60.2 Å². The van der Waals surface area contributed by atoms with Crippen LogP contribution in [-0.4, -0.2) is 22.4 Å². The van der Waals surface area contributed by atoms with Gasteiger partial charge in [0.15, 0.2) is 0 Å². The van der Waals surface area contributed by atoms with Gasteiger partial charge >= 0.3 is 6.03 Å². The predicted octanol–water partition coefficient (Wildman–Crippen LogP) is 4.35. The van der Waals surface area contributed by atoms with E-state index < -0.39 is 5.54 Å². The van der Waals surface area contributed by atoms with Crippen LogP contribution >= 0.6 is 0 Å². The highest BCUT2D eigenvalue weighted by molar-refractivity contribution is 6.07. The predicted molar refractivity (Wildman–Crippen MR) is 101 cm³/mol. The van der Waals surface area contributed by atoms with E-state index in [2.05, 4.69) is 24.4 Å². The zero-order chi connectivity index (χ0) is 18.1. The molecule has 2 aromatic rings. The van der Waals surface area contributed by atoms with Crippen LogP contribution in [0.25, 0.3) is 11.1 Å². The van der Waals surface area contributed by atoms with E-state index in [1.165, 1.54) is 4.90 Å². The van der Waals surface area contributed by atoms with Crippen LogP contribution in [0.3, 0.4) is 0 Å². The molecule has 4 rings (SSSR count). The second-order valence-electron chi connectivity index (χ2n) is 7.50. The zero-order valence-electron chi connectivity index (χ0n) is 15.1. The number of hydrogen-bond acceptors (Lipinski definition) is 2. The van der Waals surface area contributed by atoms with Gasteiger partial charge in [-0.1, -0.05) is 74.4 Å². The van der Waals surface area contributed by atoms with Crippen molar-refractivity contribution in [2.24, 2.45) is 5.92 Å². The number of carbonyl (C=O) groups is 2. The van der Waals surface area contributed by atoms with Crippen molar-refractivity contribution in [1.82, 2.24) is 10.2 Å². The first-order valence-electron chi connectivity index (χ1n) is 9.39. The van der Waals surface area contributed by atoms with Gasteiger partial charge < -0.3 is 5.32 Å². The van der Waals surface area contributed by atoms with E-state index in [0.717, 1.165) is 42.4 Å². The number of carbonyl (C=O) groups excluding carboxylic acids is 2. The summed E-state index contributed by atoms with van der Waals surface area (Å²) in [7, 11) is 0. The molecule has 134 valence electrons. The molecule has 1 saturated heterocycles. The van der Waals surface area contributed by atoms with Crippen molar-refractivity contribution >= 4 is 11.9 Å². The molecule has 3 amide bonds. The largest absolute Gasteiger partial charge is 0.325 e. The molecule has 0 unspecified atom stereocenters. The van der Waals surface area contributed by atoms with Crippen LogP contribution in [0.15, 0.2) is 54.6 Å². The number of rotatable bonds is 3. The van der Waals surface area contributed by atoms with Gasteiger partial charge in [0.25, 0.3) is 5.91 Å². The van der Waals surface area contributed by atoms with Gasteiger partial charge in [-0.15, -0.1) is 0 Å². The summed E-state index contributed by atoms with van der Waals surface area (Å²) in [5, 5.41) is 3.01. The molecule has 2 fully saturated rings. The van der Waals surface area contributed by atoms with Gasteiger partial charge in [0.1, 0.15) is 5.54 Å². The lowest BCUT2D eigenvalue weighted by Gasteiger charge is -2.36. The molecule has 4 nitrogen and oxygen atoms in total. The van der Waals surface area contributed by atoms with Crippen LogP contribution in [0.2, 0.25) is 0 Å². The zero-order valence-corrected chi connectivity index (χ0v) is 15.1. The van der Waals surface area contributed by atoms with Crippen molar-refractivity contribution < 1.29 is 9.59 Å². The van der Waals surface area contributed by atoms with Crippen LogP contribution in [0.1, 0.15) is 38.2 Å². The molecule has 0 aromatic heterocycles. The molecule has 1 aliphatic heterocycles. The van der Waals surface area contributed by atoms with Crippen LogP contribution < -0.4 is 5.32 Å². The third-order valence-electron chi connectivity index (χ3n) is 5.90. The van der Waals surface area contributed by atoms with Crippen LogP contribution in [-0.2, 0) is 11.3 Å². The molecule has 1 N–H and O–H groups in total. The maximum Gasteiger partial charge on any atom is 0.325 e. The average Bonchev–Trinajstić information content (AvgIpc) is 2.90. The summed E-state index contributed by atoms with van der Waals surface area (Å²) in [4.78, 5) is 26.9. The van der Waals surface area contributed by atoms with E-state index in [1.807, 2.05) is 42.5 Å². The minimum absolute atomic E-state index is 0.0539. The Labute approximate surface area is 154 Å². The van der Waals surface area contributed by atoms with Gasteiger partial charge in [-0.25, -0.2) is 4.79 Å². The van der Waals surface area contributed by atoms with Crippen LogP contribution in [0, 0.1) is 5.92 Å². The van der Waals surface area contributed by atoms with E-state index in [4.69, 9.17) is 0 Å². The Bertz CT molecular complexity index is 816. The quantitative estimate of drug-likeness (QED) is 0.838. The van der Waals surface area contributed by atoms with Gasteiger partial charge in [-0.2, -0.15) is 0 Å². The summed E-state index contributed by atoms with van der Waals surface area (Å²) in [6.07, 6.45) is 3.87. The average molecular weight is 348 g/mol. The monoisotopic (exact) mass is 348 g/mol. The Morgan fingerprint density at radius 3 is 2.38 bits per heavy atom. The fraction of sp³-hybridized carbons (Fsp3) is 0.364. The summed E-state index contributed by atoms with van der Waals surface area (Å²) in [6, 6.07) is 18.0. The molecular formula is C22H24N2O2. The van der Waals surface area contributed by atoms with Crippen molar-refractivity contribution in [1.29, 1.82) is 0 Å². The fourth-order valence-corrected chi connectivity index (χ4v) is 4.25. The van der Waals surface area contributed by atoms with Gasteiger partial charge in [0.2, 0.25) is 0 Å². The number of imide groups is 1. The number of amides is 3. The SMILES string of the molecule is C[C@H]1CCCC[C@]12NC(=O)N(Cc1ccc(-c3ccccc3)cc1)C2=O. The number of hydrogen-bond donors (Lipinski definition) is 1. The maximum atomic E-state index is 13.0. The standard InChI is InChI=1S/C22H24N2O2/c1-16-7-5-6-14-22(16)20(25)24(21(26)23-22)15-17-10-12-19(13-11-17)18-8-3-2-4-9-18/h2-4,8-13,16H,5-7,14-15H2,1H3,(H,23,26)/t16-,22-/m0/s1. The third-order valence-corrected chi connectivity index (χ3v) is 5.90. The molecule has 2 aliphatic rings. The highest BCUT2D eigenvalue weighted by Crippen LogP contribution is 2.38. The Morgan fingerprint density at radius 2 is 1.69 bits per heavy atom. The molecule has 1 heterocycles. The van der Waals surface area contributed by atoms with Gasteiger partial charge in [-0.3, -0.25) is 9.69 Å². The van der Waals surface area contributed by atoms with Gasteiger partial charge in [-0.05, 0) is 35.4 Å². The minimum Gasteiger partial charge on any atom is -0.323 e. The highest BCUT2D eigenvalue weighted by atomic mass is 16.2. The molecule has 1 spiro atoms. The Hall–Kier alpha value is -2.62. The Kier molecular flexibility index (Phi) is 4.27. The number of nitrogens with one attached hydrogen (secondary N) is 1. The second kappa shape index (κ2) is 6.60. The van der Waals surface area contributed by atoms with Crippen molar-refractivity contribution in [3.63, 3.8) is 0 Å². The lowest BCUT2D eigenvalue weighted by molar-refractivity contribution is -0.134. The first kappa shape index (κ1) is 16.8. The molecule has 0 radical (unpaired) electrons. The smallest absolute Gasteiger partial charge is 0.323 e. The van der Waals surface area contributed by atoms with Crippen LogP contribution in [0.4, 0.5) is 4.79 Å². The van der Waals surface area contributed by atoms with Crippen molar-refractivity contribution in [2.45, 2.75) is 44.7 Å². The second-order valence-corrected chi connectivity index (χ2v) is 7.50. The molecular weight excluding hydrogens is 324 g/mol. The number of benzene rings is 2. The van der Waals surface area contributed by atoms with Gasteiger partial charge in [0, 0.05) is 0 Å². The molecule has 2 atom stereocenters. The summed E-state index contributed by atoms with van der Waals surface area (Å²) >= 11 is 0. The molecule has 4 heteroatoms. The van der Waals surface area contributed by atoms with E-state index in [1.54, 1.807) is 0 Å². The van der Waals surface area contributed by atoms with Crippen molar-refractivity contribution in [2.75, 3.05) is 0 Å². The van der Waals surface area contributed by atoms with Crippen LogP contribution in [0.5, 0.6) is 0 Å². The molecule has 0 bridgehead atoms. The van der Waals surface area contributed by atoms with E-state index in [0.29, 0.717) is 6.54 Å². The summed E-state index contributed by atoms with van der Waals surface area (Å²) < 4.78 is 0. The minimum atomic E-state index is -0.681. The maximum absolute atomic E-state index is 13.0. The first-order valence-corrected chi connectivity index (χ1v) is 9.39. The van der Waals surface area contributed by atoms with Crippen molar-refractivity contribution in [3.8, 4) is 11.1 Å². The van der Waals surface area contributed by atoms with E-state index in [9.17, 15) is 9.59 Å². The highest BCUT2D eigenvalue weighted by Gasteiger charge is 2.54. The molecule has 2 aromatic carbocycles. The fourth-order valence-electron chi connectivity index (χ4n) is 4.25. The molecule has 26 heavy (non-hydrogen) atoms. The van der Waals surface area contributed by atoms with E-state index in [-0.39, 0.29) is 17.9 Å².